The molecule has 0 aliphatic heterocycles. The molecule has 1 aromatic carbocycles. The van der Waals surface area contributed by atoms with Gasteiger partial charge in [-0.15, -0.1) is 12.1 Å². The number of halogens is 3. The SMILES string of the molecule is N#Cc1c(F)c[c-]cc1F.[Zn+][Br]. The summed E-state index contributed by atoms with van der Waals surface area (Å²) in [5.74, 6) is -1.75. The molecule has 0 fully saturated rings. The third-order valence-corrected chi connectivity index (χ3v) is 1.01. The van der Waals surface area contributed by atoms with Gasteiger partial charge in [0.1, 0.15) is 0 Å². The fraction of sp³-hybridized carbons (Fsp3) is 0. The molecule has 1 rings (SSSR count). The first-order valence-electron chi connectivity index (χ1n) is 2.77. The van der Waals surface area contributed by atoms with Gasteiger partial charge in [0, 0.05) is 17.2 Å². The molecule has 0 bridgehead atoms. The molecule has 1 aromatic rings. The van der Waals surface area contributed by atoms with E-state index in [1.807, 2.05) is 0 Å². The summed E-state index contributed by atoms with van der Waals surface area (Å²) in [4.78, 5) is 0. The molecular formula is C7H2BrF2NZn. The van der Waals surface area contributed by atoms with Gasteiger partial charge < -0.3 is 0 Å². The molecule has 0 aromatic heterocycles. The van der Waals surface area contributed by atoms with Crippen molar-refractivity contribution in [3.63, 3.8) is 0 Å². The van der Waals surface area contributed by atoms with Gasteiger partial charge >= 0.3 is 30.0 Å². The standard InChI is InChI=1S/C7H2F2N.BrH.Zn/c8-6-2-1-3-7(9)5(6)4-10;;/h2-3H;1H;/q-1;;+2/p-1. The normalized spacial score (nSPS) is 8.00. The zero-order valence-electron chi connectivity index (χ0n) is 5.94. The van der Waals surface area contributed by atoms with Crippen LogP contribution < -0.4 is 0 Å². The maximum absolute atomic E-state index is 12.4. The van der Waals surface area contributed by atoms with Crippen molar-refractivity contribution < 1.29 is 25.1 Å². The Bertz CT molecular complexity index is 278. The number of rotatable bonds is 0. The van der Waals surface area contributed by atoms with Crippen molar-refractivity contribution >= 4 is 13.6 Å². The molecule has 0 unspecified atom stereocenters. The maximum atomic E-state index is 12.4. The summed E-state index contributed by atoms with van der Waals surface area (Å²) in [5, 5.41) is 8.16. The van der Waals surface area contributed by atoms with Gasteiger partial charge in [0.05, 0.1) is 6.07 Å². The molecule has 0 N–H and O–H groups in total. The van der Waals surface area contributed by atoms with E-state index >= 15 is 0 Å². The zero-order valence-corrected chi connectivity index (χ0v) is 10.5. The second kappa shape index (κ2) is 6.22. The third kappa shape index (κ3) is 2.96. The van der Waals surface area contributed by atoms with Crippen LogP contribution >= 0.6 is 13.6 Å². The van der Waals surface area contributed by atoms with Crippen molar-refractivity contribution in [1.29, 1.82) is 5.26 Å². The monoisotopic (exact) mass is 281 g/mol. The molecule has 0 spiro atoms. The molecule has 0 amide bonds. The Hall–Kier alpha value is -0.327. The Balaban J connectivity index is 0.000000561. The van der Waals surface area contributed by atoms with Crippen LogP contribution in [-0.2, 0) is 16.3 Å². The summed E-state index contributed by atoms with van der Waals surface area (Å²) in [6, 6.07) is 5.43. The summed E-state index contributed by atoms with van der Waals surface area (Å²) in [5.41, 5.74) is -0.557. The quantitative estimate of drug-likeness (QED) is 0.530. The van der Waals surface area contributed by atoms with E-state index in [0.717, 1.165) is 12.1 Å². The van der Waals surface area contributed by atoms with E-state index < -0.39 is 17.2 Å². The number of nitrogens with zero attached hydrogens (tertiary/aromatic N) is 1. The van der Waals surface area contributed by atoms with Crippen LogP contribution in [0.2, 0.25) is 0 Å². The Morgan fingerprint density at radius 2 is 1.75 bits per heavy atom. The van der Waals surface area contributed by atoms with Crippen LogP contribution in [0.3, 0.4) is 0 Å². The van der Waals surface area contributed by atoms with Crippen LogP contribution in [0.4, 0.5) is 8.78 Å². The van der Waals surface area contributed by atoms with Crippen molar-refractivity contribution in [3.05, 3.63) is 35.4 Å². The van der Waals surface area contributed by atoms with Crippen LogP contribution in [0.1, 0.15) is 5.56 Å². The predicted molar refractivity (Wildman–Crippen MR) is 38.8 cm³/mol. The van der Waals surface area contributed by atoms with E-state index in [1.54, 1.807) is 0 Å². The molecule has 0 atom stereocenters. The van der Waals surface area contributed by atoms with Gasteiger partial charge in [0.15, 0.2) is 0 Å². The molecule has 0 radical (unpaired) electrons. The minimum absolute atomic E-state index is 0.557. The number of hydrogen-bond donors (Lipinski definition) is 0. The molecule has 0 saturated heterocycles. The van der Waals surface area contributed by atoms with E-state index in [4.69, 9.17) is 5.26 Å². The van der Waals surface area contributed by atoms with Gasteiger partial charge in [-0.2, -0.15) is 11.3 Å². The predicted octanol–water partition coefficient (Wildman–Crippen LogP) is 2.48. The van der Waals surface area contributed by atoms with E-state index in [9.17, 15) is 8.78 Å². The van der Waals surface area contributed by atoms with Crippen molar-refractivity contribution in [2.24, 2.45) is 0 Å². The minimum atomic E-state index is -0.873. The Morgan fingerprint density at radius 3 is 2.00 bits per heavy atom. The van der Waals surface area contributed by atoms with Gasteiger partial charge in [-0.3, -0.25) is 8.78 Å². The molecule has 0 heterocycles. The number of benzene rings is 1. The van der Waals surface area contributed by atoms with Gasteiger partial charge in [0.2, 0.25) is 0 Å². The van der Waals surface area contributed by atoms with Gasteiger partial charge in [-0.1, -0.05) is 0 Å². The first-order valence-corrected chi connectivity index (χ1v) is 9.72. The molecule has 12 heavy (non-hydrogen) atoms. The second-order valence-electron chi connectivity index (χ2n) is 1.64. The van der Waals surface area contributed by atoms with Gasteiger partial charge in [-0.25, -0.2) is 0 Å². The first kappa shape index (κ1) is 11.7. The summed E-state index contributed by atoms with van der Waals surface area (Å²) in [7, 11) is 0. The van der Waals surface area contributed by atoms with Crippen LogP contribution in [0.5, 0.6) is 0 Å². The molecule has 0 aliphatic carbocycles. The fourth-order valence-electron chi connectivity index (χ4n) is 0.553. The van der Waals surface area contributed by atoms with Crippen LogP contribution in [0, 0.1) is 29.0 Å². The summed E-state index contributed by atoms with van der Waals surface area (Å²) in [6.45, 7) is 0. The van der Waals surface area contributed by atoms with Crippen LogP contribution in [0.25, 0.3) is 0 Å². The van der Waals surface area contributed by atoms with E-state index in [2.05, 4.69) is 19.7 Å². The summed E-state index contributed by atoms with van der Waals surface area (Å²) < 4.78 is 24.7. The van der Waals surface area contributed by atoms with Crippen molar-refractivity contribution in [2.75, 3.05) is 0 Å². The van der Waals surface area contributed by atoms with Crippen molar-refractivity contribution in [1.82, 2.24) is 0 Å². The van der Waals surface area contributed by atoms with Crippen LogP contribution in [-0.4, -0.2) is 0 Å². The fourth-order valence-corrected chi connectivity index (χ4v) is 0.553. The summed E-state index contributed by atoms with van der Waals surface area (Å²) in [6.07, 6.45) is 0. The Labute approximate surface area is 85.4 Å². The van der Waals surface area contributed by atoms with Crippen molar-refractivity contribution in [3.8, 4) is 6.07 Å². The molecule has 1 nitrogen and oxygen atoms in total. The zero-order chi connectivity index (χ0) is 9.56. The molecule has 0 saturated carbocycles. The molecular weight excluding hydrogens is 281 g/mol. The van der Waals surface area contributed by atoms with Gasteiger partial charge in [-0.05, 0) is 0 Å². The molecule has 58 valence electrons. The molecule has 0 aliphatic rings. The topological polar surface area (TPSA) is 23.8 Å². The van der Waals surface area contributed by atoms with E-state index in [-0.39, 0.29) is 0 Å². The first-order chi connectivity index (χ1) is 5.75. The Kier molecular flexibility index (Phi) is 6.05. The van der Waals surface area contributed by atoms with Gasteiger partial charge in [0.25, 0.3) is 0 Å². The van der Waals surface area contributed by atoms with Crippen LogP contribution in [0.15, 0.2) is 12.1 Å². The Morgan fingerprint density at radius 1 is 1.33 bits per heavy atom. The number of nitriles is 1. The average molecular weight is 283 g/mol. The average Bonchev–Trinajstić information content (AvgIpc) is 2.08. The van der Waals surface area contributed by atoms with E-state index in [1.165, 1.54) is 22.4 Å². The van der Waals surface area contributed by atoms with E-state index in [0.29, 0.717) is 0 Å². The number of hydrogen-bond acceptors (Lipinski definition) is 1. The third-order valence-electron chi connectivity index (χ3n) is 1.01. The van der Waals surface area contributed by atoms with Crippen molar-refractivity contribution in [2.45, 2.75) is 0 Å². The summed E-state index contributed by atoms with van der Waals surface area (Å²) >= 11 is 4.25. The molecule has 5 heteroatoms. The second-order valence-corrected chi connectivity index (χ2v) is 1.64.